The molecule has 0 saturated carbocycles. The van der Waals surface area contributed by atoms with Gasteiger partial charge in [0.05, 0.1) is 5.69 Å². The molecular formula is C11H14N4O3S2. The number of pyridine rings is 1. The van der Waals surface area contributed by atoms with Crippen LogP contribution in [0, 0.1) is 6.92 Å². The van der Waals surface area contributed by atoms with E-state index in [9.17, 15) is 13.2 Å². The predicted octanol–water partition coefficient (Wildman–Crippen LogP) is 1.01. The number of H-pyrrole nitrogens is 1. The zero-order valence-corrected chi connectivity index (χ0v) is 12.8. The van der Waals surface area contributed by atoms with Crippen LogP contribution in [0.4, 0.5) is 11.5 Å². The van der Waals surface area contributed by atoms with Crippen LogP contribution in [-0.2, 0) is 10.0 Å². The van der Waals surface area contributed by atoms with Gasteiger partial charge in [0.2, 0.25) is 0 Å². The summed E-state index contributed by atoms with van der Waals surface area (Å²) in [6, 6.07) is 3.25. The smallest absolute Gasteiger partial charge is 0.306 e. The summed E-state index contributed by atoms with van der Waals surface area (Å²) in [6.45, 7) is 1.54. The number of thiazole rings is 1. The van der Waals surface area contributed by atoms with Crippen molar-refractivity contribution in [2.45, 2.75) is 11.1 Å². The van der Waals surface area contributed by atoms with Crippen LogP contribution >= 0.6 is 11.3 Å². The van der Waals surface area contributed by atoms with Crippen LogP contribution in [0.25, 0.3) is 0 Å². The van der Waals surface area contributed by atoms with Crippen LogP contribution in [0.5, 0.6) is 0 Å². The standard InChI is InChI=1S/C11H14N4O3S2/c1-7-10(19-11(16)13-7)20(17,18)14-8-5-4-6-12-9(8)15(2)3/h4-6,14H,1-3H3,(H,13,16). The van der Waals surface area contributed by atoms with Crippen molar-refractivity contribution in [3.05, 3.63) is 33.7 Å². The minimum atomic E-state index is -3.81. The largest absolute Gasteiger partial charge is 0.361 e. The fourth-order valence-corrected chi connectivity index (χ4v) is 4.03. The van der Waals surface area contributed by atoms with Gasteiger partial charge < -0.3 is 9.88 Å². The molecule has 20 heavy (non-hydrogen) atoms. The number of nitrogens with one attached hydrogen (secondary N) is 2. The van der Waals surface area contributed by atoms with Gasteiger partial charge in [-0.05, 0) is 19.1 Å². The van der Waals surface area contributed by atoms with Crippen LogP contribution in [-0.4, -0.2) is 32.5 Å². The molecule has 0 aliphatic carbocycles. The highest BCUT2D eigenvalue weighted by atomic mass is 32.2. The van der Waals surface area contributed by atoms with E-state index in [1.807, 2.05) is 0 Å². The fourth-order valence-electron chi connectivity index (χ4n) is 1.67. The molecular weight excluding hydrogens is 300 g/mol. The first kappa shape index (κ1) is 14.5. The lowest BCUT2D eigenvalue weighted by Gasteiger charge is -2.16. The molecule has 0 spiro atoms. The zero-order chi connectivity index (χ0) is 14.9. The van der Waals surface area contributed by atoms with E-state index in [0.717, 1.165) is 0 Å². The number of nitrogens with zero attached hydrogens (tertiary/aromatic N) is 2. The van der Waals surface area contributed by atoms with Crippen molar-refractivity contribution in [2.24, 2.45) is 0 Å². The van der Waals surface area contributed by atoms with Crippen molar-refractivity contribution in [1.29, 1.82) is 0 Å². The summed E-state index contributed by atoms with van der Waals surface area (Å²) in [5, 5.41) is 0. The minimum Gasteiger partial charge on any atom is -0.361 e. The molecule has 7 nitrogen and oxygen atoms in total. The van der Waals surface area contributed by atoms with Crippen LogP contribution in [0.3, 0.4) is 0 Å². The highest BCUT2D eigenvalue weighted by molar-refractivity contribution is 7.94. The van der Waals surface area contributed by atoms with Crippen molar-refractivity contribution >= 4 is 32.9 Å². The monoisotopic (exact) mass is 314 g/mol. The Labute approximate surface area is 120 Å². The van der Waals surface area contributed by atoms with Crippen molar-refractivity contribution in [1.82, 2.24) is 9.97 Å². The van der Waals surface area contributed by atoms with E-state index < -0.39 is 14.9 Å². The molecule has 2 aromatic rings. The lowest BCUT2D eigenvalue weighted by atomic mass is 10.4. The van der Waals surface area contributed by atoms with Gasteiger partial charge in [-0.2, -0.15) is 0 Å². The quantitative estimate of drug-likeness (QED) is 0.878. The number of aryl methyl sites for hydroxylation is 1. The van der Waals surface area contributed by atoms with E-state index >= 15 is 0 Å². The minimum absolute atomic E-state index is 0.0175. The number of sulfonamides is 1. The molecule has 0 unspecified atom stereocenters. The summed E-state index contributed by atoms with van der Waals surface area (Å²) in [5.74, 6) is 0.497. The molecule has 0 bridgehead atoms. The molecule has 0 aliphatic heterocycles. The van der Waals surface area contributed by atoms with Gasteiger partial charge >= 0.3 is 4.87 Å². The summed E-state index contributed by atoms with van der Waals surface area (Å²) >= 11 is 0.659. The van der Waals surface area contributed by atoms with Crippen LogP contribution in [0.2, 0.25) is 0 Å². The van der Waals surface area contributed by atoms with E-state index in [0.29, 0.717) is 28.5 Å². The summed E-state index contributed by atoms with van der Waals surface area (Å²) in [6.07, 6.45) is 1.58. The first-order chi connectivity index (χ1) is 9.31. The molecule has 0 atom stereocenters. The molecule has 2 rings (SSSR count). The molecule has 0 saturated heterocycles. The molecule has 2 heterocycles. The Morgan fingerprint density at radius 1 is 1.40 bits per heavy atom. The molecule has 0 amide bonds. The Morgan fingerprint density at radius 2 is 2.10 bits per heavy atom. The van der Waals surface area contributed by atoms with Gasteiger partial charge in [0.15, 0.2) is 10.0 Å². The lowest BCUT2D eigenvalue weighted by Crippen LogP contribution is -2.18. The van der Waals surface area contributed by atoms with Gasteiger partial charge in [0.1, 0.15) is 0 Å². The van der Waals surface area contributed by atoms with E-state index in [-0.39, 0.29) is 4.21 Å². The maximum Gasteiger partial charge on any atom is 0.306 e. The Kier molecular flexibility index (Phi) is 3.82. The topological polar surface area (TPSA) is 95.2 Å². The zero-order valence-electron chi connectivity index (χ0n) is 11.2. The fraction of sp³-hybridized carbons (Fsp3) is 0.273. The Hall–Kier alpha value is -1.87. The molecule has 0 radical (unpaired) electrons. The second kappa shape index (κ2) is 5.25. The summed E-state index contributed by atoms with van der Waals surface area (Å²) in [7, 11) is -0.281. The number of anilines is 2. The average Bonchev–Trinajstić information content (AvgIpc) is 2.69. The third-order valence-electron chi connectivity index (χ3n) is 2.48. The Morgan fingerprint density at radius 3 is 2.65 bits per heavy atom. The van der Waals surface area contributed by atoms with Gasteiger partial charge in [-0.15, -0.1) is 0 Å². The third kappa shape index (κ3) is 2.83. The van der Waals surface area contributed by atoms with Gasteiger partial charge in [-0.25, -0.2) is 13.4 Å². The van der Waals surface area contributed by atoms with Gasteiger partial charge in [-0.3, -0.25) is 9.52 Å². The molecule has 2 aromatic heterocycles. The number of hydrogen-bond acceptors (Lipinski definition) is 6. The SMILES string of the molecule is Cc1[nH]c(=O)sc1S(=O)(=O)Nc1cccnc1N(C)C. The van der Waals surface area contributed by atoms with E-state index in [2.05, 4.69) is 14.7 Å². The van der Waals surface area contributed by atoms with E-state index in [4.69, 9.17) is 0 Å². The van der Waals surface area contributed by atoms with E-state index in [1.165, 1.54) is 0 Å². The Bertz CT molecular complexity index is 777. The number of aromatic amines is 1. The highest BCUT2D eigenvalue weighted by Gasteiger charge is 2.22. The van der Waals surface area contributed by atoms with Crippen LogP contribution < -0.4 is 14.5 Å². The van der Waals surface area contributed by atoms with Crippen molar-refractivity contribution < 1.29 is 8.42 Å². The number of hydrogen-bond donors (Lipinski definition) is 2. The van der Waals surface area contributed by atoms with E-state index in [1.54, 1.807) is 44.2 Å². The molecule has 0 aromatic carbocycles. The highest BCUT2D eigenvalue weighted by Crippen LogP contribution is 2.25. The van der Waals surface area contributed by atoms with Crippen molar-refractivity contribution in [2.75, 3.05) is 23.7 Å². The van der Waals surface area contributed by atoms with Crippen LogP contribution in [0.1, 0.15) is 5.69 Å². The summed E-state index contributed by atoms with van der Waals surface area (Å²) < 4.78 is 27.1. The normalized spacial score (nSPS) is 11.3. The summed E-state index contributed by atoms with van der Waals surface area (Å²) in [4.78, 5) is 19.1. The molecule has 9 heteroatoms. The first-order valence-corrected chi connectivity index (χ1v) is 7.96. The maximum absolute atomic E-state index is 12.3. The Balaban J connectivity index is 2.44. The number of aromatic nitrogens is 2. The predicted molar refractivity (Wildman–Crippen MR) is 79.0 cm³/mol. The summed E-state index contributed by atoms with van der Waals surface area (Å²) in [5.41, 5.74) is 0.681. The first-order valence-electron chi connectivity index (χ1n) is 5.66. The van der Waals surface area contributed by atoms with Gasteiger partial charge in [-0.1, -0.05) is 11.3 Å². The third-order valence-corrected chi connectivity index (χ3v) is 5.45. The van der Waals surface area contributed by atoms with Crippen molar-refractivity contribution in [3.8, 4) is 0 Å². The lowest BCUT2D eigenvalue weighted by molar-refractivity contribution is 0.602. The second-order valence-electron chi connectivity index (χ2n) is 4.30. The molecule has 0 fully saturated rings. The maximum atomic E-state index is 12.3. The van der Waals surface area contributed by atoms with Crippen molar-refractivity contribution in [3.63, 3.8) is 0 Å². The molecule has 0 aliphatic rings. The molecule has 108 valence electrons. The van der Waals surface area contributed by atoms with Gasteiger partial charge in [0, 0.05) is 26.0 Å². The molecule has 2 N–H and O–H groups in total. The average molecular weight is 314 g/mol. The second-order valence-corrected chi connectivity index (χ2v) is 7.16. The number of rotatable bonds is 4. The van der Waals surface area contributed by atoms with Crippen LogP contribution in [0.15, 0.2) is 27.3 Å². The van der Waals surface area contributed by atoms with Gasteiger partial charge in [0.25, 0.3) is 10.0 Å².